The van der Waals surface area contributed by atoms with Crippen LogP contribution in [0.25, 0.3) is 88.3 Å². The molecule has 0 aliphatic rings. The minimum atomic E-state index is 0.603. The fourth-order valence-electron chi connectivity index (χ4n) is 7.97. The van der Waals surface area contributed by atoms with Crippen molar-refractivity contribution in [1.29, 1.82) is 0 Å². The molecule has 0 unspecified atom stereocenters. The highest BCUT2D eigenvalue weighted by Crippen LogP contribution is 2.43. The van der Waals surface area contributed by atoms with Gasteiger partial charge in [-0.25, -0.2) is 4.98 Å². The zero-order chi connectivity index (χ0) is 36.3. The molecule has 0 saturated carbocycles. The molecular formula is C51H32N2O2. The van der Waals surface area contributed by atoms with E-state index in [4.69, 9.17) is 13.8 Å². The monoisotopic (exact) mass is 704 g/mol. The number of hydrogen-bond acceptors (Lipinski definition) is 4. The number of furan rings is 1. The van der Waals surface area contributed by atoms with Crippen LogP contribution in [0.4, 0.5) is 17.1 Å². The smallest absolute Gasteiger partial charge is 0.227 e. The average molecular weight is 705 g/mol. The van der Waals surface area contributed by atoms with Crippen molar-refractivity contribution < 1.29 is 8.83 Å². The molecule has 0 aliphatic heterocycles. The summed E-state index contributed by atoms with van der Waals surface area (Å²) in [6.45, 7) is 0. The van der Waals surface area contributed by atoms with Crippen LogP contribution in [-0.4, -0.2) is 4.98 Å². The molecule has 258 valence electrons. The van der Waals surface area contributed by atoms with Gasteiger partial charge in [-0.1, -0.05) is 127 Å². The summed E-state index contributed by atoms with van der Waals surface area (Å²) < 4.78 is 12.5. The summed E-state index contributed by atoms with van der Waals surface area (Å²) >= 11 is 0. The van der Waals surface area contributed by atoms with Crippen molar-refractivity contribution in [2.75, 3.05) is 4.90 Å². The fraction of sp³-hybridized carbons (Fsp3) is 0. The molecule has 0 spiro atoms. The number of anilines is 3. The zero-order valence-corrected chi connectivity index (χ0v) is 29.7. The van der Waals surface area contributed by atoms with Gasteiger partial charge < -0.3 is 13.7 Å². The molecule has 4 nitrogen and oxygen atoms in total. The Kier molecular flexibility index (Phi) is 7.14. The fourth-order valence-corrected chi connectivity index (χ4v) is 7.97. The molecule has 0 radical (unpaired) electrons. The van der Waals surface area contributed by atoms with Crippen molar-refractivity contribution in [2.24, 2.45) is 0 Å². The molecule has 0 aliphatic carbocycles. The van der Waals surface area contributed by atoms with E-state index in [2.05, 4.69) is 163 Å². The Morgan fingerprint density at radius 1 is 0.364 bits per heavy atom. The number of aromatic nitrogens is 1. The van der Waals surface area contributed by atoms with E-state index < -0.39 is 0 Å². The van der Waals surface area contributed by atoms with Crippen LogP contribution in [0.15, 0.2) is 203 Å². The van der Waals surface area contributed by atoms with E-state index in [0.29, 0.717) is 11.5 Å². The van der Waals surface area contributed by atoms with Crippen LogP contribution >= 0.6 is 0 Å². The lowest BCUT2D eigenvalue weighted by molar-refractivity contribution is 0.617. The van der Waals surface area contributed by atoms with E-state index in [-0.39, 0.29) is 0 Å². The van der Waals surface area contributed by atoms with Crippen LogP contribution in [0.1, 0.15) is 0 Å². The van der Waals surface area contributed by atoms with Crippen molar-refractivity contribution in [3.05, 3.63) is 194 Å². The highest BCUT2D eigenvalue weighted by molar-refractivity contribution is 6.11. The minimum absolute atomic E-state index is 0.603. The maximum Gasteiger partial charge on any atom is 0.227 e. The van der Waals surface area contributed by atoms with Crippen LogP contribution in [0.2, 0.25) is 0 Å². The molecule has 0 amide bonds. The first-order valence-electron chi connectivity index (χ1n) is 18.5. The van der Waals surface area contributed by atoms with Gasteiger partial charge in [0.05, 0.1) is 5.69 Å². The second-order valence-corrected chi connectivity index (χ2v) is 14.0. The predicted molar refractivity (Wildman–Crippen MR) is 227 cm³/mol. The molecule has 2 aromatic heterocycles. The molecule has 2 heterocycles. The SMILES string of the molecule is c1ccc(-c2nc3cc4c(cc3o2)oc2ccc(-c3ccc(N(c5ccc6ccc7ccccc7c6c5)c5ccccc5-c5ccccc5)cc3)cc24)cc1. The number of fused-ring (bicyclic) bond motifs is 7. The third-order valence-corrected chi connectivity index (χ3v) is 10.7. The van der Waals surface area contributed by atoms with Crippen molar-refractivity contribution in [2.45, 2.75) is 0 Å². The Morgan fingerprint density at radius 3 is 1.85 bits per heavy atom. The molecular weight excluding hydrogens is 673 g/mol. The highest BCUT2D eigenvalue weighted by Gasteiger charge is 2.19. The van der Waals surface area contributed by atoms with Crippen molar-refractivity contribution >= 4 is 71.6 Å². The number of oxazole rings is 1. The second kappa shape index (κ2) is 12.6. The van der Waals surface area contributed by atoms with E-state index in [1.807, 2.05) is 36.4 Å². The molecule has 0 N–H and O–H groups in total. The van der Waals surface area contributed by atoms with Gasteiger partial charge in [0.25, 0.3) is 0 Å². The number of benzene rings is 9. The molecule has 11 aromatic rings. The van der Waals surface area contributed by atoms with Crippen LogP contribution in [0.3, 0.4) is 0 Å². The largest absolute Gasteiger partial charge is 0.456 e. The molecule has 11 rings (SSSR count). The van der Waals surface area contributed by atoms with Gasteiger partial charge in [0.15, 0.2) is 5.58 Å². The van der Waals surface area contributed by atoms with E-state index in [1.165, 1.54) is 32.7 Å². The number of hydrogen-bond donors (Lipinski definition) is 0. The maximum absolute atomic E-state index is 6.33. The van der Waals surface area contributed by atoms with Crippen LogP contribution < -0.4 is 4.90 Å². The maximum atomic E-state index is 6.33. The van der Waals surface area contributed by atoms with Gasteiger partial charge in [0, 0.05) is 39.3 Å². The van der Waals surface area contributed by atoms with E-state index in [1.54, 1.807) is 0 Å². The Morgan fingerprint density at radius 2 is 1.02 bits per heavy atom. The lowest BCUT2D eigenvalue weighted by Crippen LogP contribution is -2.11. The molecule has 9 aromatic carbocycles. The van der Waals surface area contributed by atoms with Gasteiger partial charge in [-0.15, -0.1) is 0 Å². The molecule has 0 bridgehead atoms. The van der Waals surface area contributed by atoms with E-state index in [0.717, 1.165) is 61.2 Å². The second-order valence-electron chi connectivity index (χ2n) is 14.0. The number of para-hydroxylation sites is 1. The zero-order valence-electron chi connectivity index (χ0n) is 29.7. The normalized spacial score (nSPS) is 11.6. The molecule has 0 fully saturated rings. The Labute approximate surface area is 317 Å². The summed E-state index contributed by atoms with van der Waals surface area (Å²) in [4.78, 5) is 7.20. The highest BCUT2D eigenvalue weighted by atomic mass is 16.4. The predicted octanol–water partition coefficient (Wildman–Crippen LogP) is 14.5. The molecule has 55 heavy (non-hydrogen) atoms. The Balaban J connectivity index is 1.02. The average Bonchev–Trinajstić information content (AvgIpc) is 3.84. The topological polar surface area (TPSA) is 42.4 Å². The summed E-state index contributed by atoms with van der Waals surface area (Å²) in [7, 11) is 0. The van der Waals surface area contributed by atoms with Crippen molar-refractivity contribution in [1.82, 2.24) is 4.98 Å². The molecule has 4 heteroatoms. The van der Waals surface area contributed by atoms with Gasteiger partial charge in [-0.2, -0.15) is 0 Å². The van der Waals surface area contributed by atoms with Crippen LogP contribution in [0, 0.1) is 0 Å². The van der Waals surface area contributed by atoms with Gasteiger partial charge in [0.1, 0.15) is 16.7 Å². The molecule has 0 saturated heterocycles. The van der Waals surface area contributed by atoms with Crippen molar-refractivity contribution in [3.63, 3.8) is 0 Å². The summed E-state index contributed by atoms with van der Waals surface area (Å²) in [5.74, 6) is 0.603. The van der Waals surface area contributed by atoms with Crippen molar-refractivity contribution in [3.8, 4) is 33.7 Å². The first-order chi connectivity index (χ1) is 27.2. The summed E-state index contributed by atoms with van der Waals surface area (Å²) in [6.07, 6.45) is 0. The lowest BCUT2D eigenvalue weighted by atomic mass is 9.99. The number of rotatable bonds is 6. The third kappa shape index (κ3) is 5.34. The summed E-state index contributed by atoms with van der Waals surface area (Å²) in [5, 5.41) is 6.99. The van der Waals surface area contributed by atoms with Gasteiger partial charge in [-0.05, 0) is 98.9 Å². The Hall–Kier alpha value is -7.43. The number of nitrogens with zero attached hydrogens (tertiary/aromatic N) is 2. The summed E-state index contributed by atoms with van der Waals surface area (Å²) in [5.41, 5.74) is 11.9. The first kappa shape index (κ1) is 31.1. The lowest BCUT2D eigenvalue weighted by Gasteiger charge is -2.28. The molecule has 0 atom stereocenters. The third-order valence-electron chi connectivity index (χ3n) is 10.7. The minimum Gasteiger partial charge on any atom is -0.456 e. The van der Waals surface area contributed by atoms with Crippen LogP contribution in [0.5, 0.6) is 0 Å². The van der Waals surface area contributed by atoms with Gasteiger partial charge >= 0.3 is 0 Å². The standard InChI is InChI=1S/C51H32N2O2/c1-3-11-34(12-4-1)42-17-9-10-18-47(42)53(40-27-23-36-20-19-35-13-7-8-16-41(35)43(36)30-40)39-25-21-33(22-26-39)38-24-28-48-44(29-38)45-31-46-50(32-49(45)54-48)55-51(52-46)37-14-5-2-6-15-37/h1-32H. The van der Waals surface area contributed by atoms with E-state index >= 15 is 0 Å². The first-order valence-corrected chi connectivity index (χ1v) is 18.5. The Bertz CT molecular complexity index is 3200. The summed E-state index contributed by atoms with van der Waals surface area (Å²) in [6, 6.07) is 68.5. The van der Waals surface area contributed by atoms with Crippen LogP contribution in [-0.2, 0) is 0 Å². The van der Waals surface area contributed by atoms with Gasteiger partial charge in [-0.3, -0.25) is 0 Å². The quantitative estimate of drug-likeness (QED) is 0.162. The van der Waals surface area contributed by atoms with E-state index in [9.17, 15) is 0 Å². The van der Waals surface area contributed by atoms with Gasteiger partial charge in [0.2, 0.25) is 5.89 Å².